The number of hydrogen-bond donors (Lipinski definition) is 0. The van der Waals surface area contributed by atoms with E-state index in [-0.39, 0.29) is 24.2 Å². The lowest BCUT2D eigenvalue weighted by atomic mass is 9.74. The van der Waals surface area contributed by atoms with E-state index < -0.39 is 28.7 Å². The molecule has 11 nitrogen and oxygen atoms in total. The van der Waals surface area contributed by atoms with E-state index in [1.165, 1.54) is 24.8 Å². The second-order valence-electron chi connectivity index (χ2n) is 11.3. The van der Waals surface area contributed by atoms with E-state index in [0.29, 0.717) is 49.4 Å². The van der Waals surface area contributed by atoms with Crippen molar-refractivity contribution in [2.24, 2.45) is 10.9 Å². The molecule has 248 valence electrons. The number of aliphatic imine (C=N–C) groups is 1. The molecule has 1 saturated heterocycles. The van der Waals surface area contributed by atoms with Crippen molar-refractivity contribution in [1.29, 1.82) is 0 Å². The molecule has 3 unspecified atom stereocenters. The van der Waals surface area contributed by atoms with Crippen LogP contribution in [0.1, 0.15) is 75.8 Å². The molecule has 0 spiro atoms. The fourth-order valence-corrected chi connectivity index (χ4v) is 5.82. The molecule has 0 radical (unpaired) electrons. The molecule has 0 aromatic heterocycles. The second-order valence-corrected chi connectivity index (χ2v) is 11.3. The number of allylic oxidation sites excluding steroid dienone is 1. The molecule has 3 atom stereocenters. The van der Waals surface area contributed by atoms with Gasteiger partial charge in [0.25, 0.3) is 5.69 Å². The fourth-order valence-electron chi connectivity index (χ4n) is 5.82. The average Bonchev–Trinajstić information content (AvgIpc) is 3.09. The van der Waals surface area contributed by atoms with Gasteiger partial charge >= 0.3 is 11.9 Å². The molecule has 4 rings (SSSR count). The Kier molecular flexibility index (Phi) is 13.3. The van der Waals surface area contributed by atoms with Crippen LogP contribution >= 0.6 is 0 Å². The zero-order chi connectivity index (χ0) is 32.9. The van der Waals surface area contributed by atoms with Crippen LogP contribution in [0.2, 0.25) is 0 Å². The highest BCUT2D eigenvalue weighted by molar-refractivity contribution is 6.07. The monoisotopic (exact) mass is 636 g/mol. The number of methoxy groups -OCH3 is 1. The number of aryl methyl sites for hydroxylation is 1. The minimum Gasteiger partial charge on any atom is -0.493 e. The number of non-ortho nitro benzene ring substituents is 1. The minimum atomic E-state index is -0.917. The lowest BCUT2D eigenvalue weighted by Gasteiger charge is -2.32. The van der Waals surface area contributed by atoms with Gasteiger partial charge in [0.1, 0.15) is 11.7 Å². The molecule has 2 heterocycles. The van der Waals surface area contributed by atoms with Gasteiger partial charge in [-0.2, -0.15) is 0 Å². The summed E-state index contributed by atoms with van der Waals surface area (Å²) in [5.41, 5.74) is 2.75. The molecule has 0 amide bonds. The summed E-state index contributed by atoms with van der Waals surface area (Å²) in [5, 5.41) is 11.6. The third-order valence-corrected chi connectivity index (χ3v) is 8.17. The molecule has 11 heteroatoms. The normalized spacial score (nSPS) is 19.7. The Morgan fingerprint density at radius 2 is 1.83 bits per heavy atom. The van der Waals surface area contributed by atoms with Crippen LogP contribution in [0.15, 0.2) is 64.8 Å². The fraction of sp³-hybridized carbons (Fsp3) is 0.514. The summed E-state index contributed by atoms with van der Waals surface area (Å²) in [7, 11) is 1.27. The first-order chi connectivity index (χ1) is 22.4. The summed E-state index contributed by atoms with van der Waals surface area (Å²) >= 11 is 0. The third-order valence-electron chi connectivity index (χ3n) is 8.17. The van der Waals surface area contributed by atoms with E-state index in [9.17, 15) is 19.7 Å². The highest BCUT2D eigenvalue weighted by Gasteiger charge is 2.43. The lowest BCUT2D eigenvalue weighted by Crippen LogP contribution is -2.37. The SMILES string of the molecule is CCC1=NC(CC)=C(C(=O)OCCCOc2ccc(CCCOC3CCCCO3)cc2)C(c2cccc([N+](=O)[O-])c2)C1C(=O)OC. The van der Waals surface area contributed by atoms with Crippen LogP contribution in [0.25, 0.3) is 0 Å². The molecule has 2 aliphatic heterocycles. The van der Waals surface area contributed by atoms with E-state index >= 15 is 0 Å². The van der Waals surface area contributed by atoms with Gasteiger partial charge in [0, 0.05) is 36.8 Å². The topological polar surface area (TPSA) is 136 Å². The largest absolute Gasteiger partial charge is 0.493 e. The van der Waals surface area contributed by atoms with Gasteiger partial charge in [0.2, 0.25) is 0 Å². The summed E-state index contributed by atoms with van der Waals surface area (Å²) in [6.07, 6.45) is 6.27. The Balaban J connectivity index is 1.34. The van der Waals surface area contributed by atoms with E-state index in [4.69, 9.17) is 23.7 Å². The van der Waals surface area contributed by atoms with Gasteiger partial charge in [-0.3, -0.25) is 19.9 Å². The van der Waals surface area contributed by atoms with Gasteiger partial charge in [0.15, 0.2) is 6.29 Å². The van der Waals surface area contributed by atoms with Crippen LogP contribution in [0.3, 0.4) is 0 Å². The first-order valence-electron chi connectivity index (χ1n) is 16.1. The van der Waals surface area contributed by atoms with Crippen LogP contribution in [0.5, 0.6) is 5.75 Å². The molecule has 2 aromatic carbocycles. The van der Waals surface area contributed by atoms with E-state index in [0.717, 1.165) is 44.5 Å². The molecule has 0 saturated carbocycles. The number of nitro groups is 1. The van der Waals surface area contributed by atoms with Gasteiger partial charge in [0.05, 0.1) is 43.1 Å². The van der Waals surface area contributed by atoms with Gasteiger partial charge in [-0.15, -0.1) is 0 Å². The van der Waals surface area contributed by atoms with Crippen LogP contribution in [0.4, 0.5) is 5.69 Å². The number of carbonyl (C=O) groups is 2. The van der Waals surface area contributed by atoms with Crippen molar-refractivity contribution in [3.8, 4) is 5.75 Å². The Labute approximate surface area is 270 Å². The first kappa shape index (κ1) is 34.8. The lowest BCUT2D eigenvalue weighted by molar-refractivity contribution is -0.384. The van der Waals surface area contributed by atoms with Crippen molar-refractivity contribution in [2.75, 3.05) is 33.5 Å². The maximum absolute atomic E-state index is 13.6. The maximum atomic E-state index is 13.6. The van der Waals surface area contributed by atoms with Crippen molar-refractivity contribution in [2.45, 2.75) is 77.4 Å². The van der Waals surface area contributed by atoms with Gasteiger partial charge in [-0.1, -0.05) is 38.1 Å². The first-order valence-corrected chi connectivity index (χ1v) is 16.1. The highest BCUT2D eigenvalue weighted by Crippen LogP contribution is 2.42. The van der Waals surface area contributed by atoms with Crippen molar-refractivity contribution < 1.29 is 38.2 Å². The Morgan fingerprint density at radius 3 is 2.50 bits per heavy atom. The minimum absolute atomic E-state index is 0.0645. The Hall–Kier alpha value is -4.09. The summed E-state index contributed by atoms with van der Waals surface area (Å²) in [6.45, 7) is 5.59. The van der Waals surface area contributed by atoms with E-state index in [1.54, 1.807) is 12.1 Å². The quantitative estimate of drug-likeness (QED) is 0.0877. The molecular formula is C35H44N2O9. The van der Waals surface area contributed by atoms with Gasteiger partial charge < -0.3 is 23.7 Å². The van der Waals surface area contributed by atoms with E-state index in [1.807, 2.05) is 38.1 Å². The van der Waals surface area contributed by atoms with Crippen molar-refractivity contribution >= 4 is 23.3 Å². The number of esters is 2. The Bertz CT molecular complexity index is 1400. The summed E-state index contributed by atoms with van der Waals surface area (Å²) < 4.78 is 28.1. The predicted octanol–water partition coefficient (Wildman–Crippen LogP) is 6.48. The second kappa shape index (κ2) is 17.6. The maximum Gasteiger partial charge on any atom is 0.336 e. The molecule has 0 N–H and O–H groups in total. The molecule has 1 fully saturated rings. The third kappa shape index (κ3) is 9.23. The zero-order valence-corrected chi connectivity index (χ0v) is 26.9. The van der Waals surface area contributed by atoms with Crippen LogP contribution < -0.4 is 4.74 Å². The van der Waals surface area contributed by atoms with Crippen LogP contribution in [-0.2, 0) is 35.0 Å². The number of rotatable bonds is 16. The number of carbonyl (C=O) groups excluding carboxylic acids is 2. The predicted molar refractivity (Wildman–Crippen MR) is 172 cm³/mol. The molecule has 0 aliphatic carbocycles. The highest BCUT2D eigenvalue weighted by atomic mass is 16.7. The zero-order valence-electron chi connectivity index (χ0n) is 26.9. The van der Waals surface area contributed by atoms with Crippen LogP contribution in [-0.4, -0.2) is 62.4 Å². The standard InChI is InChI=1S/C35H44N2O9/c1-4-28-32(34(38)42-3)31(25-12-8-13-26(23-25)37(40)41)33(29(5-2)36-28)35(39)46-22-10-21-43-27-17-15-24(16-18-27)11-9-20-45-30-14-6-7-19-44-30/h8,12-13,15-18,23,30-32H,4-7,9-11,14,19-22H2,1-3H3. The summed E-state index contributed by atoms with van der Waals surface area (Å²) in [4.78, 5) is 42.4. The smallest absolute Gasteiger partial charge is 0.336 e. The van der Waals surface area contributed by atoms with Gasteiger partial charge in [-0.05, 0) is 68.2 Å². The summed E-state index contributed by atoms with van der Waals surface area (Å²) in [5.74, 6) is -2.23. The van der Waals surface area contributed by atoms with E-state index in [2.05, 4.69) is 4.99 Å². The Morgan fingerprint density at radius 1 is 1.02 bits per heavy atom. The molecule has 0 bridgehead atoms. The van der Waals surface area contributed by atoms with Crippen molar-refractivity contribution in [3.63, 3.8) is 0 Å². The number of benzene rings is 2. The average molecular weight is 637 g/mol. The van der Waals surface area contributed by atoms with Crippen molar-refractivity contribution in [1.82, 2.24) is 0 Å². The number of nitro benzene ring substituents is 1. The van der Waals surface area contributed by atoms with Gasteiger partial charge in [-0.25, -0.2) is 4.79 Å². The molecule has 2 aromatic rings. The summed E-state index contributed by atoms with van der Waals surface area (Å²) in [6, 6.07) is 13.9. The molecule has 46 heavy (non-hydrogen) atoms. The van der Waals surface area contributed by atoms with Crippen molar-refractivity contribution in [3.05, 3.63) is 81.0 Å². The van der Waals surface area contributed by atoms with Crippen LogP contribution in [0, 0.1) is 16.0 Å². The number of nitrogens with zero attached hydrogens (tertiary/aromatic N) is 2. The molecule has 2 aliphatic rings. The number of ether oxygens (including phenoxy) is 5. The molecular weight excluding hydrogens is 592 g/mol. The number of hydrogen-bond acceptors (Lipinski definition) is 10.